The van der Waals surface area contributed by atoms with Crippen LogP contribution in [0.1, 0.15) is 37.7 Å². The van der Waals surface area contributed by atoms with E-state index in [1.807, 2.05) is 0 Å². The lowest BCUT2D eigenvalue weighted by Crippen LogP contribution is -2.50. The number of benzene rings is 1. The molecule has 1 atom stereocenters. The van der Waals surface area contributed by atoms with Crippen molar-refractivity contribution >= 4 is 31.1 Å². The highest BCUT2D eigenvalue weighted by Gasteiger charge is 2.26. The van der Waals surface area contributed by atoms with Crippen molar-refractivity contribution in [2.45, 2.75) is 83.0 Å². The molecule has 4 rings (SSSR count). The number of carboxylic acid groups (broad SMARTS) is 1. The summed E-state index contributed by atoms with van der Waals surface area (Å²) < 4.78 is 43.6. The van der Waals surface area contributed by atoms with Crippen molar-refractivity contribution < 1.29 is 33.0 Å². The maximum atomic E-state index is 15.2. The van der Waals surface area contributed by atoms with Crippen molar-refractivity contribution in [3.63, 3.8) is 0 Å². The van der Waals surface area contributed by atoms with Gasteiger partial charge in [0.25, 0.3) is 0 Å². The van der Waals surface area contributed by atoms with Gasteiger partial charge in [-0.1, -0.05) is 38.9 Å². The van der Waals surface area contributed by atoms with Gasteiger partial charge in [0.05, 0.1) is 5.39 Å². The number of hydrogen-bond acceptors (Lipinski definition) is 5. The minimum absolute atomic E-state index is 0.0395. The summed E-state index contributed by atoms with van der Waals surface area (Å²) in [4.78, 5) is 28.5. The summed E-state index contributed by atoms with van der Waals surface area (Å²) >= 11 is 0. The average molecular weight is 589 g/mol. The molecule has 3 aromatic rings. The number of pyridine rings is 1. The van der Waals surface area contributed by atoms with Crippen LogP contribution in [0.2, 0.25) is 25.7 Å². The van der Waals surface area contributed by atoms with Crippen molar-refractivity contribution in [3.8, 4) is 11.5 Å². The number of nitrogens with one attached hydrogen (secondary N) is 2. The third-order valence-corrected chi connectivity index (χ3v) is 8.83. The molecule has 1 aliphatic rings. The van der Waals surface area contributed by atoms with E-state index in [9.17, 15) is 14.7 Å². The number of carbonyl (C=O) groups excluding carboxylic acids is 1. The van der Waals surface area contributed by atoms with Crippen molar-refractivity contribution in [3.05, 3.63) is 53.9 Å². The fourth-order valence-corrected chi connectivity index (χ4v) is 5.64. The first-order chi connectivity index (χ1) is 19.5. The van der Waals surface area contributed by atoms with Gasteiger partial charge < -0.3 is 29.8 Å². The molecule has 1 saturated carbocycles. The van der Waals surface area contributed by atoms with E-state index < -0.39 is 43.5 Å². The molecule has 2 aromatic heterocycles. The van der Waals surface area contributed by atoms with Crippen molar-refractivity contribution in [2.24, 2.45) is 0 Å². The molecule has 2 amide bonds. The van der Waals surface area contributed by atoms with Gasteiger partial charge in [0.2, 0.25) is 5.91 Å². The van der Waals surface area contributed by atoms with Gasteiger partial charge in [-0.15, -0.1) is 0 Å². The number of rotatable bonds is 12. The van der Waals surface area contributed by atoms with Gasteiger partial charge in [-0.3, -0.25) is 4.79 Å². The van der Waals surface area contributed by atoms with Crippen LogP contribution in [0.15, 0.2) is 36.7 Å². The molecule has 0 radical (unpaired) electrons. The zero-order chi connectivity index (χ0) is 29.6. The first kappa shape index (κ1) is 30.4. The number of fused-ring (bicyclic) bond motifs is 1. The predicted octanol–water partition coefficient (Wildman–Crippen LogP) is 6.05. The van der Waals surface area contributed by atoms with Crippen LogP contribution in [-0.2, 0) is 22.7 Å². The van der Waals surface area contributed by atoms with Gasteiger partial charge in [0.1, 0.15) is 24.2 Å². The zero-order valence-corrected chi connectivity index (χ0v) is 24.7. The standard InChI is InChI=1S/C29H38F2N4O5Si/c1-41(2,3)14-13-39-18-35-12-10-21-25(9-11-32-27(21)35)40-26-22(30)15-19(16-23(26)31)17-24(34-29(37)38)28(36)33-20-7-5-4-6-8-20/h9-12,15-16,20,24,34H,4-8,13-14,17-18H2,1-3H3,(H,33,36)(H,37,38). The maximum absolute atomic E-state index is 15.2. The summed E-state index contributed by atoms with van der Waals surface area (Å²) in [6.07, 6.45) is 6.36. The number of aromatic nitrogens is 2. The molecule has 0 bridgehead atoms. The molecule has 1 fully saturated rings. The number of ether oxygens (including phenoxy) is 2. The summed E-state index contributed by atoms with van der Waals surface area (Å²) in [6, 6.07) is 5.17. The van der Waals surface area contributed by atoms with Crippen LogP contribution in [0.25, 0.3) is 11.0 Å². The molecule has 41 heavy (non-hydrogen) atoms. The van der Waals surface area contributed by atoms with Crippen molar-refractivity contribution in [1.82, 2.24) is 20.2 Å². The molecule has 0 spiro atoms. The van der Waals surface area contributed by atoms with E-state index in [0.29, 0.717) is 24.4 Å². The Balaban J connectivity index is 1.47. The molecule has 222 valence electrons. The highest BCUT2D eigenvalue weighted by Crippen LogP contribution is 2.33. The van der Waals surface area contributed by atoms with E-state index in [4.69, 9.17) is 9.47 Å². The Hall–Kier alpha value is -3.51. The zero-order valence-electron chi connectivity index (χ0n) is 23.7. The topological polar surface area (TPSA) is 115 Å². The smallest absolute Gasteiger partial charge is 0.405 e. The third kappa shape index (κ3) is 8.49. The Morgan fingerprint density at radius 2 is 1.85 bits per heavy atom. The van der Waals surface area contributed by atoms with Crippen LogP contribution < -0.4 is 15.4 Å². The fraction of sp³-hybridized carbons (Fsp3) is 0.483. The average Bonchev–Trinajstić information content (AvgIpc) is 3.32. The van der Waals surface area contributed by atoms with Gasteiger partial charge in [-0.05, 0) is 48.7 Å². The Morgan fingerprint density at radius 1 is 1.15 bits per heavy atom. The summed E-state index contributed by atoms with van der Waals surface area (Å²) in [6.45, 7) is 7.76. The second-order valence-corrected chi connectivity index (χ2v) is 17.3. The van der Waals surface area contributed by atoms with Crippen LogP contribution in [0.5, 0.6) is 11.5 Å². The first-order valence-corrected chi connectivity index (χ1v) is 17.7. The lowest BCUT2D eigenvalue weighted by atomic mass is 9.95. The van der Waals surface area contributed by atoms with Gasteiger partial charge in [-0.2, -0.15) is 0 Å². The van der Waals surface area contributed by atoms with E-state index in [0.717, 1.165) is 50.3 Å². The number of nitrogens with zero attached hydrogens (tertiary/aromatic N) is 2. The number of carbonyl (C=O) groups is 2. The van der Waals surface area contributed by atoms with Crippen LogP contribution >= 0.6 is 0 Å². The molecule has 1 aromatic carbocycles. The van der Waals surface area contributed by atoms with E-state index >= 15 is 8.78 Å². The number of amides is 2. The minimum Gasteiger partial charge on any atom is -0.465 e. The number of halogens is 2. The van der Waals surface area contributed by atoms with Gasteiger partial charge in [0.15, 0.2) is 17.4 Å². The molecular formula is C29H38F2N4O5Si. The molecule has 12 heteroatoms. The normalized spacial score (nSPS) is 15.0. The van der Waals surface area contributed by atoms with Gasteiger partial charge in [-0.25, -0.2) is 18.6 Å². The van der Waals surface area contributed by atoms with Crippen molar-refractivity contribution in [1.29, 1.82) is 0 Å². The van der Waals surface area contributed by atoms with Crippen LogP contribution in [0, 0.1) is 11.6 Å². The second kappa shape index (κ2) is 13.4. The lowest BCUT2D eigenvalue weighted by Gasteiger charge is -2.25. The summed E-state index contributed by atoms with van der Waals surface area (Å²) in [5.41, 5.74) is 0.672. The molecule has 3 N–H and O–H groups in total. The third-order valence-electron chi connectivity index (χ3n) is 7.12. The predicted molar refractivity (Wildman–Crippen MR) is 154 cm³/mol. The van der Waals surface area contributed by atoms with Crippen LogP contribution in [0.3, 0.4) is 0 Å². The van der Waals surface area contributed by atoms with Crippen LogP contribution in [-0.4, -0.2) is 53.4 Å². The highest BCUT2D eigenvalue weighted by atomic mass is 28.3. The molecule has 9 nitrogen and oxygen atoms in total. The Morgan fingerprint density at radius 3 is 2.51 bits per heavy atom. The van der Waals surface area contributed by atoms with E-state index in [-0.39, 0.29) is 23.8 Å². The number of hydrogen-bond donors (Lipinski definition) is 3. The van der Waals surface area contributed by atoms with E-state index in [1.54, 1.807) is 16.8 Å². The molecule has 1 aliphatic carbocycles. The monoisotopic (exact) mass is 588 g/mol. The van der Waals surface area contributed by atoms with E-state index in [1.165, 1.54) is 12.3 Å². The van der Waals surface area contributed by atoms with Gasteiger partial charge >= 0.3 is 6.09 Å². The lowest BCUT2D eigenvalue weighted by molar-refractivity contribution is -0.123. The second-order valence-electron chi connectivity index (χ2n) is 11.7. The summed E-state index contributed by atoms with van der Waals surface area (Å²) in [7, 11) is -1.22. The summed E-state index contributed by atoms with van der Waals surface area (Å²) in [5.74, 6) is -2.84. The van der Waals surface area contributed by atoms with Gasteiger partial charge in [0, 0.05) is 39.5 Å². The molecule has 1 unspecified atom stereocenters. The Labute approximate surface area is 239 Å². The highest BCUT2D eigenvalue weighted by molar-refractivity contribution is 6.76. The maximum Gasteiger partial charge on any atom is 0.405 e. The Bertz CT molecular complexity index is 1350. The quantitative estimate of drug-likeness (QED) is 0.175. The van der Waals surface area contributed by atoms with Crippen LogP contribution in [0.4, 0.5) is 13.6 Å². The summed E-state index contributed by atoms with van der Waals surface area (Å²) in [5, 5.41) is 14.8. The molecule has 0 aliphatic heterocycles. The SMILES string of the molecule is C[Si](C)(C)CCOCn1ccc2c(Oc3c(F)cc(CC(NC(=O)O)C(=O)NC4CCCCC4)cc3F)ccnc21. The van der Waals surface area contributed by atoms with Crippen molar-refractivity contribution in [2.75, 3.05) is 6.61 Å². The first-order valence-electron chi connectivity index (χ1n) is 14.0. The molecule has 0 saturated heterocycles. The largest absolute Gasteiger partial charge is 0.465 e. The molecular weight excluding hydrogens is 550 g/mol. The Kier molecular flexibility index (Phi) is 9.97. The van der Waals surface area contributed by atoms with E-state index in [2.05, 4.69) is 35.3 Å². The molecule has 2 heterocycles. The fourth-order valence-electron chi connectivity index (χ4n) is 4.88. The minimum atomic E-state index is -1.40.